The summed E-state index contributed by atoms with van der Waals surface area (Å²) in [7, 11) is 0. The SMILES string of the molecule is Cc1ccc(C(=O)N2CCN(c3cnn(-c4ccccc4)c(=O)c3Sc3ccc(Cl)cc3)CC2)c(Cl)n1. The number of benzene rings is 2. The highest BCUT2D eigenvalue weighted by atomic mass is 35.5. The molecule has 5 rings (SSSR count). The van der Waals surface area contributed by atoms with Crippen molar-refractivity contribution in [1.82, 2.24) is 19.7 Å². The highest BCUT2D eigenvalue weighted by Gasteiger charge is 2.27. The first-order chi connectivity index (χ1) is 17.9. The third-order valence-electron chi connectivity index (χ3n) is 6.08. The molecule has 3 heterocycles. The molecule has 0 aliphatic carbocycles. The van der Waals surface area contributed by atoms with Gasteiger partial charge in [-0.3, -0.25) is 9.59 Å². The molecule has 2 aromatic carbocycles. The zero-order chi connectivity index (χ0) is 25.9. The number of pyridine rings is 1. The molecule has 2 aromatic heterocycles. The molecule has 0 unspecified atom stereocenters. The number of aryl methyl sites for hydroxylation is 1. The van der Waals surface area contributed by atoms with Gasteiger partial charge in [0.25, 0.3) is 11.5 Å². The number of carbonyl (C=O) groups excluding carboxylic acids is 1. The number of aromatic nitrogens is 3. The molecule has 1 amide bonds. The molecule has 37 heavy (non-hydrogen) atoms. The van der Waals surface area contributed by atoms with E-state index in [0.29, 0.717) is 47.3 Å². The monoisotopic (exact) mass is 551 g/mol. The van der Waals surface area contributed by atoms with E-state index in [2.05, 4.69) is 15.0 Å². The zero-order valence-corrected chi connectivity index (χ0v) is 22.3. The quantitative estimate of drug-likeness (QED) is 0.311. The Hall–Kier alpha value is -3.33. The smallest absolute Gasteiger partial charge is 0.287 e. The van der Waals surface area contributed by atoms with E-state index >= 15 is 0 Å². The summed E-state index contributed by atoms with van der Waals surface area (Å²) >= 11 is 13.7. The number of piperazine rings is 1. The van der Waals surface area contributed by atoms with Gasteiger partial charge < -0.3 is 9.80 Å². The number of halogens is 2. The van der Waals surface area contributed by atoms with Gasteiger partial charge in [0.05, 0.1) is 23.1 Å². The van der Waals surface area contributed by atoms with Crippen LogP contribution in [0, 0.1) is 6.92 Å². The first-order valence-corrected chi connectivity index (χ1v) is 13.3. The highest BCUT2D eigenvalue weighted by molar-refractivity contribution is 7.99. The van der Waals surface area contributed by atoms with Crippen LogP contribution in [0.1, 0.15) is 16.1 Å². The van der Waals surface area contributed by atoms with Crippen molar-refractivity contribution in [1.29, 1.82) is 0 Å². The Kier molecular flexibility index (Phi) is 7.50. The average molecular weight is 552 g/mol. The number of para-hydroxylation sites is 1. The van der Waals surface area contributed by atoms with Crippen molar-refractivity contribution in [3.63, 3.8) is 0 Å². The first kappa shape index (κ1) is 25.3. The summed E-state index contributed by atoms with van der Waals surface area (Å²) in [5.41, 5.74) is 2.37. The van der Waals surface area contributed by atoms with E-state index in [4.69, 9.17) is 23.2 Å². The maximum atomic E-state index is 13.7. The Morgan fingerprint density at radius 1 is 0.919 bits per heavy atom. The Labute approximate surface area is 228 Å². The largest absolute Gasteiger partial charge is 0.366 e. The molecule has 0 radical (unpaired) electrons. The minimum atomic E-state index is -0.209. The molecule has 188 valence electrons. The number of amides is 1. The minimum absolute atomic E-state index is 0.148. The number of hydrogen-bond acceptors (Lipinski definition) is 6. The van der Waals surface area contributed by atoms with Crippen LogP contribution in [-0.4, -0.2) is 51.8 Å². The van der Waals surface area contributed by atoms with E-state index in [9.17, 15) is 9.59 Å². The van der Waals surface area contributed by atoms with E-state index in [1.807, 2.05) is 49.4 Å². The van der Waals surface area contributed by atoms with Gasteiger partial charge in [0.15, 0.2) is 0 Å². The summed E-state index contributed by atoms with van der Waals surface area (Å²) in [5, 5.41) is 5.32. The summed E-state index contributed by atoms with van der Waals surface area (Å²) in [6.07, 6.45) is 1.73. The lowest BCUT2D eigenvalue weighted by molar-refractivity contribution is 0.0746. The molecule has 0 N–H and O–H groups in total. The molecule has 1 aliphatic heterocycles. The normalized spacial score (nSPS) is 13.6. The van der Waals surface area contributed by atoms with E-state index in [0.717, 1.165) is 16.3 Å². The lowest BCUT2D eigenvalue weighted by Gasteiger charge is -2.36. The second kappa shape index (κ2) is 11.0. The van der Waals surface area contributed by atoms with Gasteiger partial charge in [-0.15, -0.1) is 0 Å². The lowest BCUT2D eigenvalue weighted by atomic mass is 10.2. The third kappa shape index (κ3) is 5.51. The summed E-state index contributed by atoms with van der Waals surface area (Å²) in [6, 6.07) is 20.2. The van der Waals surface area contributed by atoms with Crippen LogP contribution < -0.4 is 10.5 Å². The molecule has 1 fully saturated rings. The fraction of sp³-hybridized carbons (Fsp3) is 0.185. The van der Waals surface area contributed by atoms with Crippen LogP contribution in [0.4, 0.5) is 5.69 Å². The van der Waals surface area contributed by atoms with Gasteiger partial charge in [0.1, 0.15) is 10.0 Å². The highest BCUT2D eigenvalue weighted by Crippen LogP contribution is 2.34. The second-order valence-electron chi connectivity index (χ2n) is 8.54. The number of nitrogens with zero attached hydrogens (tertiary/aromatic N) is 5. The number of hydrogen-bond donors (Lipinski definition) is 0. The standard InChI is InChI=1S/C27H23Cl2N5O2S/c1-18-7-12-22(25(29)31-18)26(35)33-15-13-32(14-16-33)23-17-30-34(20-5-3-2-4-6-20)27(36)24(23)37-21-10-8-19(28)9-11-21/h2-12,17H,13-16H2,1H3. The van der Waals surface area contributed by atoms with Gasteiger partial charge in [-0.2, -0.15) is 9.78 Å². The number of rotatable bonds is 5. The van der Waals surface area contributed by atoms with Crippen LogP contribution in [0.15, 0.2) is 87.5 Å². The van der Waals surface area contributed by atoms with E-state index in [1.165, 1.54) is 16.4 Å². The lowest BCUT2D eigenvalue weighted by Crippen LogP contribution is -2.49. The molecule has 0 saturated carbocycles. The predicted octanol–water partition coefficient (Wildman–Crippen LogP) is 5.36. The second-order valence-corrected chi connectivity index (χ2v) is 10.4. The summed E-state index contributed by atoms with van der Waals surface area (Å²) in [5.74, 6) is -0.148. The average Bonchev–Trinajstić information content (AvgIpc) is 2.91. The molecule has 1 aliphatic rings. The Morgan fingerprint density at radius 2 is 1.62 bits per heavy atom. The van der Waals surface area contributed by atoms with Crippen molar-refractivity contribution in [2.24, 2.45) is 0 Å². The van der Waals surface area contributed by atoms with Gasteiger partial charge in [0.2, 0.25) is 0 Å². The topological polar surface area (TPSA) is 71.3 Å². The van der Waals surface area contributed by atoms with Crippen molar-refractivity contribution >= 4 is 46.6 Å². The van der Waals surface area contributed by atoms with Crippen LogP contribution in [0.5, 0.6) is 0 Å². The third-order valence-corrected chi connectivity index (χ3v) is 7.71. The van der Waals surface area contributed by atoms with Crippen molar-refractivity contribution in [2.45, 2.75) is 16.7 Å². The van der Waals surface area contributed by atoms with Crippen LogP contribution in [-0.2, 0) is 0 Å². The molecule has 0 spiro atoms. The molecule has 10 heteroatoms. The van der Waals surface area contributed by atoms with E-state index < -0.39 is 0 Å². The number of carbonyl (C=O) groups is 1. The van der Waals surface area contributed by atoms with Crippen LogP contribution in [0.25, 0.3) is 5.69 Å². The summed E-state index contributed by atoms with van der Waals surface area (Å²) in [6.45, 7) is 3.89. The maximum Gasteiger partial charge on any atom is 0.287 e. The van der Waals surface area contributed by atoms with Crippen LogP contribution in [0.2, 0.25) is 10.2 Å². The Bertz CT molecular complexity index is 1490. The van der Waals surface area contributed by atoms with Gasteiger partial charge >= 0.3 is 0 Å². The van der Waals surface area contributed by atoms with Gasteiger partial charge in [-0.05, 0) is 55.5 Å². The molecule has 4 aromatic rings. The zero-order valence-electron chi connectivity index (χ0n) is 20.0. The van der Waals surface area contributed by atoms with Crippen molar-refractivity contribution in [2.75, 3.05) is 31.1 Å². The Balaban J connectivity index is 1.43. The van der Waals surface area contributed by atoms with E-state index in [1.54, 1.807) is 35.4 Å². The van der Waals surface area contributed by atoms with Gasteiger partial charge in [-0.1, -0.05) is 53.2 Å². The van der Waals surface area contributed by atoms with Crippen LogP contribution >= 0.6 is 35.0 Å². The molecule has 7 nitrogen and oxygen atoms in total. The van der Waals surface area contributed by atoms with E-state index in [-0.39, 0.29) is 16.6 Å². The minimum Gasteiger partial charge on any atom is -0.366 e. The maximum absolute atomic E-state index is 13.7. The van der Waals surface area contributed by atoms with Gasteiger partial charge in [-0.25, -0.2) is 4.98 Å². The van der Waals surface area contributed by atoms with Crippen molar-refractivity contribution < 1.29 is 4.79 Å². The fourth-order valence-electron chi connectivity index (χ4n) is 4.13. The molecular weight excluding hydrogens is 529 g/mol. The molecule has 1 saturated heterocycles. The number of anilines is 1. The first-order valence-electron chi connectivity index (χ1n) is 11.7. The van der Waals surface area contributed by atoms with Crippen LogP contribution in [0.3, 0.4) is 0 Å². The fourth-order valence-corrected chi connectivity index (χ4v) is 5.50. The van der Waals surface area contributed by atoms with Crippen molar-refractivity contribution in [3.05, 3.63) is 105 Å². The molecule has 0 bridgehead atoms. The van der Waals surface area contributed by atoms with Crippen molar-refractivity contribution in [3.8, 4) is 5.69 Å². The molecular formula is C27H23Cl2N5O2S. The summed E-state index contributed by atoms with van der Waals surface area (Å²) in [4.78, 5) is 36.3. The van der Waals surface area contributed by atoms with Gasteiger partial charge in [0, 0.05) is 41.8 Å². The predicted molar refractivity (Wildman–Crippen MR) is 148 cm³/mol. The Morgan fingerprint density at radius 3 is 2.30 bits per heavy atom. The molecule has 0 atom stereocenters. The summed E-state index contributed by atoms with van der Waals surface area (Å²) < 4.78 is 1.41.